The van der Waals surface area contributed by atoms with Gasteiger partial charge in [-0.2, -0.15) is 0 Å². The van der Waals surface area contributed by atoms with Crippen LogP contribution in [0, 0.1) is 13.8 Å². The van der Waals surface area contributed by atoms with Crippen LogP contribution in [0.5, 0.6) is 11.5 Å². The molecule has 0 aliphatic rings. The number of aromatic hydroxyl groups is 2. The van der Waals surface area contributed by atoms with Crippen molar-refractivity contribution in [2.75, 3.05) is 0 Å². The first-order valence-electron chi connectivity index (χ1n) is 10.9. The van der Waals surface area contributed by atoms with Crippen LogP contribution in [-0.4, -0.2) is 21.3 Å². The second-order valence-corrected chi connectivity index (χ2v) is 11.1. The molecule has 0 fully saturated rings. The molecule has 0 heterocycles. The first kappa shape index (κ1) is 24.8. The van der Waals surface area contributed by atoms with Gasteiger partial charge in [0.25, 0.3) is 0 Å². The number of carboxylic acids is 1. The minimum atomic E-state index is -0.867. The van der Waals surface area contributed by atoms with Crippen molar-refractivity contribution in [1.82, 2.24) is 0 Å². The standard InChI is InChI=1S/C27H38O4/c1-16-20(12-18(14-22(16)28)25(3,4)5)27(9,11-10-24(30)31)21-13-19(26(6,7)8)15-23(29)17(21)2/h12-15,28-29H,10-11H2,1-9H3,(H,30,31). The fourth-order valence-electron chi connectivity index (χ4n) is 4.18. The van der Waals surface area contributed by atoms with Gasteiger partial charge in [-0.1, -0.05) is 60.6 Å². The number of rotatable bonds is 5. The molecular formula is C27H38O4. The highest BCUT2D eigenvalue weighted by Gasteiger charge is 2.36. The molecule has 0 aliphatic heterocycles. The molecule has 0 radical (unpaired) electrons. The zero-order chi connectivity index (χ0) is 23.9. The van der Waals surface area contributed by atoms with Gasteiger partial charge in [-0.25, -0.2) is 0 Å². The van der Waals surface area contributed by atoms with Crippen LogP contribution >= 0.6 is 0 Å². The Kier molecular flexibility index (Phi) is 6.57. The van der Waals surface area contributed by atoms with Crippen LogP contribution in [0.3, 0.4) is 0 Å². The quantitative estimate of drug-likeness (QED) is 0.511. The van der Waals surface area contributed by atoms with Gasteiger partial charge in [-0.15, -0.1) is 0 Å². The van der Waals surface area contributed by atoms with Gasteiger partial charge in [0.05, 0.1) is 0 Å². The molecule has 4 nitrogen and oxygen atoms in total. The molecule has 0 aromatic heterocycles. The zero-order valence-electron chi connectivity index (χ0n) is 20.5. The van der Waals surface area contributed by atoms with E-state index < -0.39 is 11.4 Å². The molecule has 0 saturated carbocycles. The van der Waals surface area contributed by atoms with Crippen molar-refractivity contribution in [3.63, 3.8) is 0 Å². The molecule has 2 aromatic carbocycles. The third-order valence-corrected chi connectivity index (χ3v) is 6.52. The third kappa shape index (κ3) is 5.06. The second kappa shape index (κ2) is 8.22. The molecule has 2 rings (SSSR count). The van der Waals surface area contributed by atoms with E-state index in [0.29, 0.717) is 6.42 Å². The summed E-state index contributed by atoms with van der Waals surface area (Å²) in [6.07, 6.45) is 0.334. The smallest absolute Gasteiger partial charge is 0.303 e. The molecule has 2 aromatic rings. The lowest BCUT2D eigenvalue weighted by Gasteiger charge is -2.36. The summed E-state index contributed by atoms with van der Waals surface area (Å²) in [4.78, 5) is 11.6. The maximum atomic E-state index is 11.6. The summed E-state index contributed by atoms with van der Waals surface area (Å²) in [6, 6.07) is 7.78. The van der Waals surface area contributed by atoms with Gasteiger partial charge in [0.2, 0.25) is 0 Å². The van der Waals surface area contributed by atoms with Gasteiger partial charge in [-0.3, -0.25) is 4.79 Å². The molecule has 0 atom stereocenters. The van der Waals surface area contributed by atoms with Crippen LogP contribution in [0.4, 0.5) is 0 Å². The summed E-state index contributed by atoms with van der Waals surface area (Å²) in [5.41, 5.74) is 4.17. The Balaban J connectivity index is 2.92. The summed E-state index contributed by atoms with van der Waals surface area (Å²) in [5, 5.41) is 31.0. The SMILES string of the molecule is Cc1c(O)cc(C(C)(C)C)cc1C(C)(CCC(=O)O)c1cc(C(C)(C)C)cc(O)c1C. The van der Waals surface area contributed by atoms with E-state index in [1.165, 1.54) is 0 Å². The van der Waals surface area contributed by atoms with E-state index >= 15 is 0 Å². The number of aliphatic carboxylic acids is 1. The maximum Gasteiger partial charge on any atom is 0.303 e. The van der Waals surface area contributed by atoms with Gasteiger partial charge in [0, 0.05) is 11.8 Å². The fraction of sp³-hybridized carbons (Fsp3) is 0.519. The molecule has 0 saturated heterocycles. The van der Waals surface area contributed by atoms with E-state index in [2.05, 4.69) is 53.7 Å². The van der Waals surface area contributed by atoms with Gasteiger partial charge in [0.15, 0.2) is 0 Å². The lowest BCUT2D eigenvalue weighted by molar-refractivity contribution is -0.137. The average Bonchev–Trinajstić information content (AvgIpc) is 2.62. The van der Waals surface area contributed by atoms with Crippen LogP contribution in [-0.2, 0) is 21.0 Å². The number of hydrogen-bond acceptors (Lipinski definition) is 3. The van der Waals surface area contributed by atoms with Crippen molar-refractivity contribution in [2.24, 2.45) is 0 Å². The van der Waals surface area contributed by atoms with E-state index in [9.17, 15) is 20.1 Å². The van der Waals surface area contributed by atoms with Gasteiger partial charge in [0.1, 0.15) is 11.5 Å². The summed E-state index contributed by atoms with van der Waals surface area (Å²) in [5.74, 6) is -0.454. The van der Waals surface area contributed by atoms with Crippen molar-refractivity contribution < 1.29 is 20.1 Å². The van der Waals surface area contributed by atoms with E-state index in [1.54, 1.807) is 12.1 Å². The normalized spacial score (nSPS) is 12.8. The molecule has 0 bridgehead atoms. The van der Waals surface area contributed by atoms with Gasteiger partial charge < -0.3 is 15.3 Å². The third-order valence-electron chi connectivity index (χ3n) is 6.52. The van der Waals surface area contributed by atoms with Crippen molar-refractivity contribution in [2.45, 2.75) is 91.4 Å². The summed E-state index contributed by atoms with van der Waals surface area (Å²) >= 11 is 0. The molecule has 0 amide bonds. The highest BCUT2D eigenvalue weighted by Crippen LogP contribution is 2.46. The summed E-state index contributed by atoms with van der Waals surface area (Å²) in [6.45, 7) is 18.3. The van der Waals surface area contributed by atoms with Gasteiger partial charge in [-0.05, 0) is 76.6 Å². The van der Waals surface area contributed by atoms with Crippen LogP contribution in [0.2, 0.25) is 0 Å². The predicted molar refractivity (Wildman–Crippen MR) is 126 cm³/mol. The Morgan fingerprint density at radius 2 is 1.10 bits per heavy atom. The number of hydrogen-bond donors (Lipinski definition) is 3. The van der Waals surface area contributed by atoms with E-state index in [4.69, 9.17) is 0 Å². The predicted octanol–water partition coefficient (Wildman–Crippen LogP) is 6.48. The van der Waals surface area contributed by atoms with Crippen LogP contribution in [0.25, 0.3) is 0 Å². The van der Waals surface area contributed by atoms with E-state index in [-0.39, 0.29) is 28.7 Å². The topological polar surface area (TPSA) is 77.8 Å². The Bertz CT molecular complexity index is 918. The second-order valence-electron chi connectivity index (χ2n) is 11.1. The molecular weight excluding hydrogens is 388 g/mol. The van der Waals surface area contributed by atoms with Crippen molar-refractivity contribution in [3.8, 4) is 11.5 Å². The van der Waals surface area contributed by atoms with E-state index in [0.717, 1.165) is 33.4 Å². The summed E-state index contributed by atoms with van der Waals surface area (Å²) < 4.78 is 0. The monoisotopic (exact) mass is 426 g/mol. The van der Waals surface area contributed by atoms with Crippen molar-refractivity contribution >= 4 is 5.97 Å². The number of carbonyl (C=O) groups is 1. The fourth-order valence-corrected chi connectivity index (χ4v) is 4.18. The van der Waals surface area contributed by atoms with Crippen LogP contribution in [0.15, 0.2) is 24.3 Å². The molecule has 31 heavy (non-hydrogen) atoms. The summed E-state index contributed by atoms with van der Waals surface area (Å²) in [7, 11) is 0. The number of phenolic OH excluding ortho intramolecular Hbond substituents is 2. The van der Waals surface area contributed by atoms with Crippen LogP contribution < -0.4 is 0 Å². The molecule has 170 valence electrons. The zero-order valence-corrected chi connectivity index (χ0v) is 20.5. The number of carboxylic acid groups (broad SMARTS) is 1. The highest BCUT2D eigenvalue weighted by atomic mass is 16.4. The van der Waals surface area contributed by atoms with Crippen molar-refractivity contribution in [3.05, 3.63) is 57.6 Å². The maximum absolute atomic E-state index is 11.6. The first-order valence-corrected chi connectivity index (χ1v) is 10.9. The number of benzene rings is 2. The Hall–Kier alpha value is -2.49. The Morgan fingerprint density at radius 3 is 1.39 bits per heavy atom. The lowest BCUT2D eigenvalue weighted by Crippen LogP contribution is -2.29. The number of phenols is 2. The van der Waals surface area contributed by atoms with Gasteiger partial charge >= 0.3 is 5.97 Å². The lowest BCUT2D eigenvalue weighted by atomic mass is 9.67. The minimum Gasteiger partial charge on any atom is -0.508 e. The molecule has 0 unspecified atom stereocenters. The molecule has 0 aliphatic carbocycles. The largest absolute Gasteiger partial charge is 0.508 e. The Morgan fingerprint density at radius 1 is 0.742 bits per heavy atom. The van der Waals surface area contributed by atoms with E-state index in [1.807, 2.05) is 20.8 Å². The first-order chi connectivity index (χ1) is 14.0. The minimum absolute atomic E-state index is 0.0175. The van der Waals surface area contributed by atoms with Crippen LogP contribution in [0.1, 0.15) is 94.7 Å². The molecule has 0 spiro atoms. The molecule has 4 heteroatoms. The van der Waals surface area contributed by atoms with Crippen molar-refractivity contribution in [1.29, 1.82) is 0 Å². The Labute approximate surface area is 187 Å². The average molecular weight is 427 g/mol. The highest BCUT2D eigenvalue weighted by molar-refractivity contribution is 5.67. The molecule has 3 N–H and O–H groups in total.